The zero-order chi connectivity index (χ0) is 23.4. The zero-order valence-corrected chi connectivity index (χ0v) is 21.4. The number of hydrogen-bond acceptors (Lipinski definition) is 5. The summed E-state index contributed by atoms with van der Waals surface area (Å²) in [5, 5.41) is 7.42. The Kier molecular flexibility index (Phi) is 7.90. The Balaban J connectivity index is 1.23. The van der Waals surface area contributed by atoms with E-state index in [1.165, 1.54) is 72.0 Å². The van der Waals surface area contributed by atoms with Crippen LogP contribution in [0.3, 0.4) is 0 Å². The fourth-order valence-corrected chi connectivity index (χ4v) is 5.83. The van der Waals surface area contributed by atoms with Crippen molar-refractivity contribution in [3.63, 3.8) is 0 Å². The van der Waals surface area contributed by atoms with Gasteiger partial charge in [-0.2, -0.15) is 4.98 Å². The summed E-state index contributed by atoms with van der Waals surface area (Å²) in [6.07, 6.45) is 10.8. The summed E-state index contributed by atoms with van der Waals surface area (Å²) in [5.74, 6) is 2.73. The van der Waals surface area contributed by atoms with Crippen LogP contribution in [0, 0.1) is 26.7 Å². The molecule has 5 heteroatoms. The first-order chi connectivity index (χ1) is 15.9. The van der Waals surface area contributed by atoms with Crippen molar-refractivity contribution in [1.29, 1.82) is 0 Å². The van der Waals surface area contributed by atoms with Crippen molar-refractivity contribution in [1.82, 2.24) is 15.3 Å². The van der Waals surface area contributed by atoms with Crippen LogP contribution in [-0.4, -0.2) is 43.2 Å². The Hall–Kier alpha value is -2.14. The highest BCUT2D eigenvalue weighted by Gasteiger charge is 2.24. The number of benzene rings is 1. The van der Waals surface area contributed by atoms with E-state index >= 15 is 0 Å². The molecule has 2 aromatic rings. The van der Waals surface area contributed by atoms with Gasteiger partial charge in [-0.1, -0.05) is 17.7 Å². The Morgan fingerprint density at radius 3 is 2.33 bits per heavy atom. The minimum absolute atomic E-state index is 0.496. The first-order valence-electron chi connectivity index (χ1n) is 13.0. The molecule has 0 amide bonds. The highest BCUT2D eigenvalue weighted by molar-refractivity contribution is 5.53. The number of nitrogens with one attached hydrogen (secondary N) is 2. The van der Waals surface area contributed by atoms with E-state index in [0.717, 1.165) is 50.0 Å². The molecule has 0 bridgehead atoms. The summed E-state index contributed by atoms with van der Waals surface area (Å²) < 4.78 is 0. The number of nitrogens with zero attached hydrogens (tertiary/aromatic N) is 3. The highest BCUT2D eigenvalue weighted by atomic mass is 15.2. The van der Waals surface area contributed by atoms with Gasteiger partial charge in [0, 0.05) is 25.7 Å². The molecular weight excluding hydrogens is 406 g/mol. The second-order valence-electron chi connectivity index (χ2n) is 10.6. The van der Waals surface area contributed by atoms with Crippen molar-refractivity contribution < 1.29 is 0 Å². The van der Waals surface area contributed by atoms with Gasteiger partial charge < -0.3 is 15.5 Å². The van der Waals surface area contributed by atoms with E-state index in [1.54, 1.807) is 0 Å². The van der Waals surface area contributed by atoms with Crippen LogP contribution < -0.4 is 15.5 Å². The number of aryl methyl sites for hydroxylation is 4. The lowest BCUT2D eigenvalue weighted by Gasteiger charge is -2.30. The molecular formula is C28H43N5. The van der Waals surface area contributed by atoms with Gasteiger partial charge in [-0.3, -0.25) is 0 Å². The van der Waals surface area contributed by atoms with Crippen LogP contribution in [0.2, 0.25) is 0 Å². The molecule has 33 heavy (non-hydrogen) atoms. The number of anilines is 2. The maximum Gasteiger partial charge on any atom is 0.225 e. The van der Waals surface area contributed by atoms with Crippen molar-refractivity contribution in [3.8, 4) is 0 Å². The van der Waals surface area contributed by atoms with Gasteiger partial charge in [0.05, 0.1) is 5.69 Å². The van der Waals surface area contributed by atoms with Gasteiger partial charge in [-0.25, -0.2) is 4.98 Å². The van der Waals surface area contributed by atoms with E-state index in [1.807, 2.05) is 0 Å². The number of rotatable bonds is 8. The maximum atomic E-state index is 4.92. The molecule has 1 saturated carbocycles. The summed E-state index contributed by atoms with van der Waals surface area (Å²) in [7, 11) is 4.20. The summed E-state index contributed by atoms with van der Waals surface area (Å²) in [5.41, 5.74) is 8.38. The van der Waals surface area contributed by atoms with E-state index in [0.29, 0.717) is 6.04 Å². The van der Waals surface area contributed by atoms with Crippen molar-refractivity contribution in [2.75, 3.05) is 37.4 Å². The zero-order valence-electron chi connectivity index (χ0n) is 21.4. The van der Waals surface area contributed by atoms with E-state index in [2.05, 4.69) is 62.5 Å². The first kappa shape index (κ1) is 24.0. The third kappa shape index (κ3) is 6.06. The maximum absolute atomic E-state index is 4.92. The standard InChI is InChI=1S/C28H43N5/c1-19-16-20(2)24(21(3)17-19)14-15-29-18-22-10-12-23(13-11-22)30-28-31-26-9-7-6-8-25(26)27(32-28)33(4)5/h16-17,22-23,29H,6-15,18H2,1-5H3,(H,30,31,32)/t22-,23+. The molecule has 1 heterocycles. The lowest BCUT2D eigenvalue weighted by Crippen LogP contribution is -2.32. The molecule has 180 valence electrons. The van der Waals surface area contributed by atoms with Gasteiger partial charge in [0.2, 0.25) is 5.95 Å². The lowest BCUT2D eigenvalue weighted by molar-refractivity contribution is 0.325. The van der Waals surface area contributed by atoms with Crippen molar-refractivity contribution in [3.05, 3.63) is 45.6 Å². The molecule has 0 saturated heterocycles. The Labute approximate surface area is 200 Å². The van der Waals surface area contributed by atoms with Crippen molar-refractivity contribution in [2.24, 2.45) is 5.92 Å². The largest absolute Gasteiger partial charge is 0.362 e. The predicted molar refractivity (Wildman–Crippen MR) is 140 cm³/mol. The van der Waals surface area contributed by atoms with Gasteiger partial charge in [-0.05, 0) is 114 Å². The van der Waals surface area contributed by atoms with Gasteiger partial charge in [0.1, 0.15) is 5.82 Å². The first-order valence-corrected chi connectivity index (χ1v) is 13.0. The molecule has 0 aliphatic heterocycles. The summed E-state index contributed by atoms with van der Waals surface area (Å²) in [4.78, 5) is 12.0. The Bertz CT molecular complexity index is 921. The minimum atomic E-state index is 0.496. The summed E-state index contributed by atoms with van der Waals surface area (Å²) in [6.45, 7) is 8.89. The van der Waals surface area contributed by atoms with Crippen LogP contribution in [0.4, 0.5) is 11.8 Å². The van der Waals surface area contributed by atoms with Crippen LogP contribution in [0.25, 0.3) is 0 Å². The molecule has 4 rings (SSSR count). The Morgan fingerprint density at radius 1 is 0.939 bits per heavy atom. The molecule has 2 aliphatic carbocycles. The quantitative estimate of drug-likeness (QED) is 0.546. The number of aromatic nitrogens is 2. The predicted octanol–water partition coefficient (Wildman–Crippen LogP) is 5.15. The molecule has 0 radical (unpaired) electrons. The van der Waals surface area contributed by atoms with Gasteiger partial charge in [0.15, 0.2) is 0 Å². The number of hydrogen-bond donors (Lipinski definition) is 2. The monoisotopic (exact) mass is 449 g/mol. The van der Waals surface area contributed by atoms with Crippen LogP contribution in [-0.2, 0) is 19.3 Å². The van der Waals surface area contributed by atoms with E-state index in [-0.39, 0.29) is 0 Å². The van der Waals surface area contributed by atoms with Crippen LogP contribution in [0.5, 0.6) is 0 Å². The summed E-state index contributed by atoms with van der Waals surface area (Å²) in [6, 6.07) is 5.12. The van der Waals surface area contributed by atoms with Crippen molar-refractivity contribution >= 4 is 11.8 Å². The fourth-order valence-electron chi connectivity index (χ4n) is 5.83. The SMILES string of the molecule is Cc1cc(C)c(CCNC[C@H]2CC[C@@H](Nc3nc4c(c(N(C)C)n3)CCCC4)CC2)c(C)c1. The second kappa shape index (κ2) is 10.9. The molecule has 1 aromatic heterocycles. The van der Waals surface area contributed by atoms with Gasteiger partial charge in [-0.15, -0.1) is 0 Å². The van der Waals surface area contributed by atoms with E-state index in [4.69, 9.17) is 9.97 Å². The van der Waals surface area contributed by atoms with E-state index in [9.17, 15) is 0 Å². The second-order valence-corrected chi connectivity index (χ2v) is 10.6. The van der Waals surface area contributed by atoms with Gasteiger partial charge in [0.25, 0.3) is 0 Å². The molecule has 2 N–H and O–H groups in total. The van der Waals surface area contributed by atoms with Crippen molar-refractivity contribution in [2.45, 2.75) is 84.6 Å². The van der Waals surface area contributed by atoms with Crippen LogP contribution >= 0.6 is 0 Å². The normalized spacial score (nSPS) is 20.4. The summed E-state index contributed by atoms with van der Waals surface area (Å²) >= 11 is 0. The molecule has 2 aliphatic rings. The molecule has 0 atom stereocenters. The van der Waals surface area contributed by atoms with Crippen LogP contribution in [0.1, 0.15) is 72.0 Å². The van der Waals surface area contributed by atoms with Crippen LogP contribution in [0.15, 0.2) is 12.1 Å². The highest BCUT2D eigenvalue weighted by Crippen LogP contribution is 2.30. The smallest absolute Gasteiger partial charge is 0.225 e. The number of fused-ring (bicyclic) bond motifs is 1. The minimum Gasteiger partial charge on any atom is -0.362 e. The molecule has 0 unspecified atom stereocenters. The third-order valence-electron chi connectivity index (χ3n) is 7.59. The van der Waals surface area contributed by atoms with E-state index < -0.39 is 0 Å². The average Bonchev–Trinajstić information content (AvgIpc) is 2.78. The lowest BCUT2D eigenvalue weighted by atomic mass is 9.86. The average molecular weight is 450 g/mol. The fraction of sp³-hybridized carbons (Fsp3) is 0.643. The topological polar surface area (TPSA) is 53.1 Å². The third-order valence-corrected chi connectivity index (χ3v) is 7.59. The molecule has 5 nitrogen and oxygen atoms in total. The van der Waals surface area contributed by atoms with Gasteiger partial charge >= 0.3 is 0 Å². The molecule has 1 aromatic carbocycles. The Morgan fingerprint density at radius 2 is 1.64 bits per heavy atom. The molecule has 0 spiro atoms. The molecule has 1 fully saturated rings.